The fourth-order valence-electron chi connectivity index (χ4n) is 2.11. The summed E-state index contributed by atoms with van der Waals surface area (Å²) in [4.78, 5) is 4.42. The van der Waals surface area contributed by atoms with E-state index in [0.717, 1.165) is 31.0 Å². The molecule has 1 aliphatic heterocycles. The largest absolute Gasteiger partial charge is 1.00 e. The second-order valence-electron chi connectivity index (χ2n) is 4.40. The van der Waals surface area contributed by atoms with Crippen LogP contribution in [-0.4, -0.2) is 18.9 Å². The number of nitrogens with zero attached hydrogens (tertiary/aromatic N) is 2. The van der Waals surface area contributed by atoms with E-state index < -0.39 is 0 Å². The first-order valence-electron chi connectivity index (χ1n) is 6.23. The van der Waals surface area contributed by atoms with E-state index in [9.17, 15) is 0 Å². The summed E-state index contributed by atoms with van der Waals surface area (Å²) < 4.78 is 2.17. The molecule has 0 unspecified atom stereocenters. The quantitative estimate of drug-likeness (QED) is 0.677. The van der Waals surface area contributed by atoms with Gasteiger partial charge < -0.3 is 22.3 Å². The van der Waals surface area contributed by atoms with Crippen LogP contribution < -0.4 is 26.9 Å². The van der Waals surface area contributed by atoms with Gasteiger partial charge in [0.2, 0.25) is 0 Å². The zero-order valence-corrected chi connectivity index (χ0v) is 12.2. The van der Waals surface area contributed by atoms with Crippen molar-refractivity contribution in [1.82, 2.24) is 5.32 Å². The lowest BCUT2D eigenvalue weighted by molar-refractivity contribution is -0.688. The molecule has 0 amide bonds. The summed E-state index contributed by atoms with van der Waals surface area (Å²) in [5, 5.41) is 3.28. The van der Waals surface area contributed by atoms with Gasteiger partial charge in [-0.1, -0.05) is 30.3 Å². The highest BCUT2D eigenvalue weighted by Crippen LogP contribution is 2.01. The van der Waals surface area contributed by atoms with Gasteiger partial charge in [-0.2, -0.15) is 0 Å². The van der Waals surface area contributed by atoms with Gasteiger partial charge in [0.25, 0.3) is 0 Å². The van der Waals surface area contributed by atoms with Crippen molar-refractivity contribution in [2.45, 2.75) is 6.54 Å². The molecule has 1 N–H and O–H groups in total. The summed E-state index contributed by atoms with van der Waals surface area (Å²) in [5.41, 5.74) is 2.48. The van der Waals surface area contributed by atoms with E-state index in [4.69, 9.17) is 0 Å². The van der Waals surface area contributed by atoms with Gasteiger partial charge in [0.1, 0.15) is 5.84 Å². The number of aliphatic imine (C=N–C) groups is 1. The molecule has 3 rings (SSSR count). The van der Waals surface area contributed by atoms with Crippen LogP contribution in [0.2, 0.25) is 0 Å². The Bertz CT molecular complexity index is 549. The molecule has 0 saturated carbocycles. The molecule has 0 atom stereocenters. The minimum Gasteiger partial charge on any atom is -1.00 e. The molecule has 19 heavy (non-hydrogen) atoms. The van der Waals surface area contributed by atoms with Crippen LogP contribution in [0.15, 0.2) is 59.9 Å². The number of halogens is 1. The SMILES string of the molecule is [Br-].c1ccc(C[n+]2ccc(C3=NCCN3)cc2)cc1. The molecule has 1 aromatic heterocycles. The summed E-state index contributed by atoms with van der Waals surface area (Å²) in [7, 11) is 0. The van der Waals surface area contributed by atoms with E-state index in [0.29, 0.717) is 0 Å². The van der Waals surface area contributed by atoms with Gasteiger partial charge in [-0.3, -0.25) is 4.99 Å². The lowest BCUT2D eigenvalue weighted by Gasteiger charge is -2.01. The molecule has 0 spiro atoms. The van der Waals surface area contributed by atoms with Crippen LogP contribution in [0.3, 0.4) is 0 Å². The third kappa shape index (κ3) is 3.41. The van der Waals surface area contributed by atoms with E-state index in [1.807, 2.05) is 6.07 Å². The number of hydrogen-bond acceptors (Lipinski definition) is 2. The summed E-state index contributed by atoms with van der Waals surface area (Å²) in [6.07, 6.45) is 4.20. The molecule has 4 heteroatoms. The molecule has 0 bridgehead atoms. The summed E-state index contributed by atoms with van der Waals surface area (Å²) in [5.74, 6) is 1.02. The maximum atomic E-state index is 4.42. The Kier molecular flexibility index (Phi) is 4.68. The van der Waals surface area contributed by atoms with E-state index in [1.54, 1.807) is 0 Å². The third-order valence-electron chi connectivity index (χ3n) is 3.05. The Morgan fingerprint density at radius 2 is 1.79 bits per heavy atom. The predicted octanol–water partition coefficient (Wildman–Crippen LogP) is -1.62. The van der Waals surface area contributed by atoms with Crippen LogP contribution >= 0.6 is 0 Å². The number of nitrogens with one attached hydrogen (secondary N) is 1. The first-order valence-corrected chi connectivity index (χ1v) is 6.23. The van der Waals surface area contributed by atoms with Gasteiger partial charge in [0.05, 0.1) is 6.54 Å². The van der Waals surface area contributed by atoms with Crippen molar-refractivity contribution in [3.63, 3.8) is 0 Å². The van der Waals surface area contributed by atoms with E-state index in [-0.39, 0.29) is 17.0 Å². The second kappa shape index (κ2) is 6.48. The number of rotatable bonds is 3. The zero-order valence-electron chi connectivity index (χ0n) is 10.6. The molecule has 0 radical (unpaired) electrons. The fourth-order valence-corrected chi connectivity index (χ4v) is 2.11. The molecule has 0 saturated heterocycles. The number of pyridine rings is 1. The standard InChI is InChI=1S/C15H16N3.BrH/c1-2-4-13(5-3-1)12-18-10-6-14(7-11-18)15-16-8-9-17-15;/h1-7,10-11H,8-9,12H2,(H,16,17);1H/q+1;/p-1. The summed E-state index contributed by atoms with van der Waals surface area (Å²) in [6, 6.07) is 14.7. The smallest absolute Gasteiger partial charge is 0.173 e. The molecule has 2 aromatic rings. The highest BCUT2D eigenvalue weighted by Gasteiger charge is 2.09. The Morgan fingerprint density at radius 3 is 2.42 bits per heavy atom. The average molecular weight is 318 g/mol. The van der Waals surface area contributed by atoms with Crippen LogP contribution in [0, 0.1) is 0 Å². The van der Waals surface area contributed by atoms with Gasteiger partial charge >= 0.3 is 0 Å². The van der Waals surface area contributed by atoms with Crippen LogP contribution in [0.25, 0.3) is 0 Å². The molecule has 3 nitrogen and oxygen atoms in total. The molecular formula is C15H16BrN3. The van der Waals surface area contributed by atoms with Crippen molar-refractivity contribution in [3.8, 4) is 0 Å². The van der Waals surface area contributed by atoms with Crippen LogP contribution in [0.1, 0.15) is 11.1 Å². The first kappa shape index (κ1) is 13.7. The monoisotopic (exact) mass is 317 g/mol. The Balaban J connectivity index is 0.00000133. The number of benzene rings is 1. The van der Waals surface area contributed by atoms with Crippen LogP contribution in [0.5, 0.6) is 0 Å². The fraction of sp³-hybridized carbons (Fsp3) is 0.200. The van der Waals surface area contributed by atoms with Crippen LogP contribution in [0.4, 0.5) is 0 Å². The van der Waals surface area contributed by atoms with Gasteiger partial charge in [-0.05, 0) is 0 Å². The molecule has 1 aromatic carbocycles. The summed E-state index contributed by atoms with van der Waals surface area (Å²) >= 11 is 0. The van der Waals surface area contributed by atoms with E-state index >= 15 is 0 Å². The maximum Gasteiger partial charge on any atom is 0.173 e. The maximum absolute atomic E-state index is 4.42. The first-order chi connectivity index (χ1) is 8.92. The predicted molar refractivity (Wildman–Crippen MR) is 71.6 cm³/mol. The average Bonchev–Trinajstić information content (AvgIpc) is 2.95. The second-order valence-corrected chi connectivity index (χ2v) is 4.40. The van der Waals surface area contributed by atoms with Gasteiger partial charge in [0, 0.05) is 29.8 Å². The molecule has 0 aliphatic carbocycles. The molecule has 1 aliphatic rings. The van der Waals surface area contributed by atoms with Crippen molar-refractivity contribution >= 4 is 5.84 Å². The molecule has 2 heterocycles. The lowest BCUT2D eigenvalue weighted by atomic mass is 10.2. The summed E-state index contributed by atoms with van der Waals surface area (Å²) in [6.45, 7) is 2.74. The van der Waals surface area contributed by atoms with Crippen LogP contribution in [-0.2, 0) is 6.54 Å². The minimum absolute atomic E-state index is 0. The van der Waals surface area contributed by atoms with Crippen molar-refractivity contribution in [2.24, 2.45) is 4.99 Å². The van der Waals surface area contributed by atoms with E-state index in [1.165, 1.54) is 5.56 Å². The van der Waals surface area contributed by atoms with Crippen molar-refractivity contribution in [1.29, 1.82) is 0 Å². The Labute approximate surface area is 123 Å². The Hall–Kier alpha value is -1.68. The normalized spacial score (nSPS) is 13.4. The van der Waals surface area contributed by atoms with Gasteiger partial charge in [-0.15, -0.1) is 0 Å². The topological polar surface area (TPSA) is 28.3 Å². The number of hydrogen-bond donors (Lipinski definition) is 1. The highest BCUT2D eigenvalue weighted by atomic mass is 79.9. The van der Waals surface area contributed by atoms with Gasteiger partial charge in [-0.25, -0.2) is 4.57 Å². The van der Waals surface area contributed by atoms with Crippen molar-refractivity contribution in [3.05, 3.63) is 66.0 Å². The molecule has 98 valence electrons. The Morgan fingerprint density at radius 1 is 1.05 bits per heavy atom. The zero-order chi connectivity index (χ0) is 12.2. The van der Waals surface area contributed by atoms with E-state index in [2.05, 4.69) is 63.7 Å². The number of amidine groups is 1. The van der Waals surface area contributed by atoms with Gasteiger partial charge in [0.15, 0.2) is 18.9 Å². The number of aromatic nitrogens is 1. The molecular weight excluding hydrogens is 302 g/mol. The minimum atomic E-state index is 0. The molecule has 0 fully saturated rings. The van der Waals surface area contributed by atoms with Crippen molar-refractivity contribution in [2.75, 3.05) is 13.1 Å². The third-order valence-corrected chi connectivity index (χ3v) is 3.05. The highest BCUT2D eigenvalue weighted by molar-refractivity contribution is 5.99. The lowest BCUT2D eigenvalue weighted by Crippen LogP contribution is -3.00. The van der Waals surface area contributed by atoms with Crippen molar-refractivity contribution < 1.29 is 21.5 Å².